The lowest BCUT2D eigenvalue weighted by atomic mass is 10.1. The molecule has 4 nitrogen and oxygen atoms in total. The molecule has 3 rings (SSSR count). The number of rotatable bonds is 5. The molecule has 2 heterocycles. The third kappa shape index (κ3) is 3.87. The third-order valence-electron chi connectivity index (χ3n) is 3.58. The first-order chi connectivity index (χ1) is 11.3. The average molecular weight is 344 g/mol. The van der Waals surface area contributed by atoms with Crippen molar-refractivity contribution in [3.63, 3.8) is 0 Å². The van der Waals surface area contributed by atoms with Gasteiger partial charge in [-0.05, 0) is 46.9 Å². The number of carbonyl (C=O) groups excluding carboxylic acids is 1. The van der Waals surface area contributed by atoms with Crippen LogP contribution in [0.15, 0.2) is 35.7 Å². The van der Waals surface area contributed by atoms with E-state index in [1.54, 1.807) is 29.2 Å². The minimum atomic E-state index is -0.108. The minimum absolute atomic E-state index is 0.0233. The molecule has 0 fully saturated rings. The number of thiophene rings is 1. The molecule has 1 aliphatic rings. The largest absolute Gasteiger partial charge is 0.479 e. The van der Waals surface area contributed by atoms with Gasteiger partial charge in [0.1, 0.15) is 17.1 Å². The maximum absolute atomic E-state index is 12.5. The smallest absolute Gasteiger partial charge is 0.237 e. The Morgan fingerprint density at radius 3 is 3.22 bits per heavy atom. The van der Waals surface area contributed by atoms with E-state index in [1.807, 2.05) is 24.3 Å². The van der Waals surface area contributed by atoms with E-state index in [-0.39, 0.29) is 17.8 Å². The van der Waals surface area contributed by atoms with Gasteiger partial charge < -0.3 is 10.1 Å². The summed E-state index contributed by atoms with van der Waals surface area (Å²) in [5.74, 6) is 1.69. The van der Waals surface area contributed by atoms with Crippen LogP contribution in [0.4, 0.5) is 0 Å². The summed E-state index contributed by atoms with van der Waals surface area (Å²) in [6.07, 6.45) is 1.06. The molecular weight excluding hydrogens is 328 g/mol. The summed E-state index contributed by atoms with van der Waals surface area (Å²) in [5, 5.41) is 13.5. The Morgan fingerprint density at radius 1 is 1.43 bits per heavy atom. The molecule has 0 bridgehead atoms. The molecule has 1 atom stereocenters. The number of aryl methyl sites for hydroxylation is 1. The molecule has 0 spiro atoms. The van der Waals surface area contributed by atoms with Crippen molar-refractivity contribution in [3.05, 3.63) is 51.7 Å². The Labute approximate surface area is 143 Å². The highest BCUT2D eigenvalue weighted by Crippen LogP contribution is 2.39. The average Bonchev–Trinajstić information content (AvgIpc) is 3.07. The molecule has 6 heteroatoms. The van der Waals surface area contributed by atoms with Gasteiger partial charge in [0.25, 0.3) is 0 Å². The maximum Gasteiger partial charge on any atom is 0.237 e. The fraction of sp³-hybridized carbons (Fsp3) is 0.294. The monoisotopic (exact) mass is 344 g/mol. The van der Waals surface area contributed by atoms with E-state index in [0.717, 1.165) is 23.3 Å². The maximum atomic E-state index is 12.5. The van der Waals surface area contributed by atoms with Gasteiger partial charge in [-0.25, -0.2) is 0 Å². The lowest BCUT2D eigenvalue weighted by Gasteiger charge is -2.21. The molecule has 1 aromatic heterocycles. The van der Waals surface area contributed by atoms with Crippen molar-refractivity contribution < 1.29 is 9.53 Å². The van der Waals surface area contributed by atoms with Crippen LogP contribution >= 0.6 is 23.1 Å². The zero-order chi connectivity index (χ0) is 16.1. The van der Waals surface area contributed by atoms with Crippen molar-refractivity contribution in [2.24, 2.45) is 0 Å². The van der Waals surface area contributed by atoms with Crippen molar-refractivity contribution in [1.29, 1.82) is 5.26 Å². The van der Waals surface area contributed by atoms with Gasteiger partial charge in [0.2, 0.25) is 5.91 Å². The Morgan fingerprint density at radius 2 is 2.35 bits per heavy atom. The number of nitrogens with zero attached hydrogens (tertiary/aromatic N) is 1. The summed E-state index contributed by atoms with van der Waals surface area (Å²) in [6, 6.07) is 11.5. The number of carbonyl (C=O) groups is 1. The molecule has 1 amide bonds. The van der Waals surface area contributed by atoms with Crippen LogP contribution in [0.2, 0.25) is 0 Å². The number of fused-ring (bicyclic) bond motifs is 1. The van der Waals surface area contributed by atoms with Gasteiger partial charge in [-0.15, -0.1) is 23.1 Å². The molecular formula is C17H16N2O2S2. The summed E-state index contributed by atoms with van der Waals surface area (Å²) >= 11 is 3.44. The van der Waals surface area contributed by atoms with Gasteiger partial charge in [0.05, 0.1) is 0 Å². The number of nitrogens with one attached hydrogen (secondary N) is 1. The lowest BCUT2D eigenvalue weighted by Crippen LogP contribution is -2.29. The van der Waals surface area contributed by atoms with Crippen molar-refractivity contribution in [2.45, 2.75) is 18.2 Å². The predicted molar refractivity (Wildman–Crippen MR) is 92.6 cm³/mol. The molecule has 1 N–H and O–H groups in total. The molecule has 0 aliphatic carbocycles. The van der Waals surface area contributed by atoms with Crippen LogP contribution in [0.3, 0.4) is 0 Å². The number of hydrogen-bond donors (Lipinski definition) is 1. The molecule has 118 valence electrons. The topological polar surface area (TPSA) is 62.1 Å². The number of nitriles is 1. The first-order valence-corrected chi connectivity index (χ1v) is 9.25. The van der Waals surface area contributed by atoms with Gasteiger partial charge in [-0.2, -0.15) is 5.26 Å². The van der Waals surface area contributed by atoms with Crippen LogP contribution in [0.1, 0.15) is 21.3 Å². The Hall–Kier alpha value is -1.97. The van der Waals surface area contributed by atoms with E-state index in [1.165, 1.54) is 4.88 Å². The molecule has 1 aliphatic heterocycles. The van der Waals surface area contributed by atoms with E-state index < -0.39 is 0 Å². The number of hydrogen-bond acceptors (Lipinski definition) is 5. The Bertz CT molecular complexity index is 736. The SMILES string of the molecule is N#CCOc1cccc(CNC(=O)[C@H]2SCCc3sccc32)c1. The van der Waals surface area contributed by atoms with Gasteiger partial charge in [0, 0.05) is 11.4 Å². The van der Waals surface area contributed by atoms with Crippen LogP contribution in [0.5, 0.6) is 5.75 Å². The van der Waals surface area contributed by atoms with E-state index in [9.17, 15) is 4.79 Å². The highest BCUT2D eigenvalue weighted by Gasteiger charge is 2.27. The van der Waals surface area contributed by atoms with E-state index in [0.29, 0.717) is 12.3 Å². The molecule has 0 saturated heterocycles. The molecule has 0 unspecified atom stereocenters. The van der Waals surface area contributed by atoms with E-state index >= 15 is 0 Å². The normalized spacial score (nSPS) is 16.2. The summed E-state index contributed by atoms with van der Waals surface area (Å²) in [7, 11) is 0. The summed E-state index contributed by atoms with van der Waals surface area (Å²) in [5.41, 5.74) is 2.12. The molecule has 2 aromatic rings. The van der Waals surface area contributed by atoms with Crippen LogP contribution < -0.4 is 10.1 Å². The molecule has 23 heavy (non-hydrogen) atoms. The van der Waals surface area contributed by atoms with Crippen molar-refractivity contribution in [3.8, 4) is 11.8 Å². The van der Waals surface area contributed by atoms with Crippen molar-refractivity contribution in [1.82, 2.24) is 5.32 Å². The number of benzene rings is 1. The van der Waals surface area contributed by atoms with Gasteiger partial charge in [0.15, 0.2) is 6.61 Å². The quantitative estimate of drug-likeness (QED) is 0.904. The zero-order valence-corrected chi connectivity index (χ0v) is 14.1. The standard InChI is InChI=1S/C17H16N2O2S2/c18-6-7-21-13-3-1-2-12(10-13)11-19-17(20)16-14-4-8-22-15(14)5-9-23-16/h1-4,8,10,16H,5,7,9,11H2,(H,19,20)/t16-/m0/s1. The van der Waals surface area contributed by atoms with Gasteiger partial charge >= 0.3 is 0 Å². The van der Waals surface area contributed by atoms with Crippen LogP contribution in [0.25, 0.3) is 0 Å². The summed E-state index contributed by atoms with van der Waals surface area (Å²) in [4.78, 5) is 13.8. The second-order valence-corrected chi connectivity index (χ2v) is 7.33. The molecule has 0 saturated carbocycles. The Kier molecular flexibility index (Phi) is 5.21. The van der Waals surface area contributed by atoms with Gasteiger partial charge in [-0.1, -0.05) is 12.1 Å². The van der Waals surface area contributed by atoms with Crippen molar-refractivity contribution in [2.75, 3.05) is 12.4 Å². The second kappa shape index (κ2) is 7.53. The van der Waals surface area contributed by atoms with Crippen LogP contribution in [0, 0.1) is 11.3 Å². The van der Waals surface area contributed by atoms with Crippen LogP contribution in [-0.2, 0) is 17.8 Å². The highest BCUT2D eigenvalue weighted by atomic mass is 32.2. The first-order valence-electron chi connectivity index (χ1n) is 7.32. The van der Waals surface area contributed by atoms with E-state index in [2.05, 4.69) is 16.8 Å². The molecule has 0 radical (unpaired) electrons. The second-order valence-electron chi connectivity index (χ2n) is 5.11. The first kappa shape index (κ1) is 15.9. The predicted octanol–water partition coefficient (Wildman–Crippen LogP) is 3.30. The number of ether oxygens (including phenoxy) is 1. The molecule has 1 aromatic carbocycles. The lowest BCUT2D eigenvalue weighted by molar-refractivity contribution is -0.120. The van der Waals surface area contributed by atoms with Gasteiger partial charge in [-0.3, -0.25) is 4.79 Å². The van der Waals surface area contributed by atoms with E-state index in [4.69, 9.17) is 10.00 Å². The van der Waals surface area contributed by atoms with Crippen molar-refractivity contribution >= 4 is 29.0 Å². The fourth-order valence-corrected chi connectivity index (χ4v) is 4.82. The number of thioether (sulfide) groups is 1. The highest BCUT2D eigenvalue weighted by molar-refractivity contribution is 8.00. The summed E-state index contributed by atoms with van der Waals surface area (Å²) in [6.45, 7) is 0.481. The Balaban J connectivity index is 1.61. The zero-order valence-electron chi connectivity index (χ0n) is 12.5. The minimum Gasteiger partial charge on any atom is -0.479 e. The third-order valence-corrected chi connectivity index (χ3v) is 5.82. The number of amides is 1. The van der Waals surface area contributed by atoms with Crippen LogP contribution in [-0.4, -0.2) is 18.3 Å². The fourth-order valence-electron chi connectivity index (χ4n) is 2.51. The summed E-state index contributed by atoms with van der Waals surface area (Å²) < 4.78 is 5.28.